The third-order valence-corrected chi connectivity index (χ3v) is 4.99. The number of aryl methyl sites for hydroxylation is 1. The second-order valence-electron chi connectivity index (χ2n) is 6.53. The summed E-state index contributed by atoms with van der Waals surface area (Å²) in [4.78, 5) is 14.7. The van der Waals surface area contributed by atoms with Gasteiger partial charge in [0.25, 0.3) is 0 Å². The molecule has 1 heterocycles. The minimum absolute atomic E-state index is 0.186. The topological polar surface area (TPSA) is 32.3 Å². The van der Waals surface area contributed by atoms with E-state index in [-0.39, 0.29) is 11.9 Å². The van der Waals surface area contributed by atoms with Crippen LogP contribution >= 0.6 is 0 Å². The highest BCUT2D eigenvalue weighted by atomic mass is 16.2. The summed E-state index contributed by atoms with van der Waals surface area (Å²) >= 11 is 0. The highest BCUT2D eigenvalue weighted by molar-refractivity contribution is 5.78. The predicted molar refractivity (Wildman–Crippen MR) is 85.1 cm³/mol. The van der Waals surface area contributed by atoms with Gasteiger partial charge in [-0.2, -0.15) is 0 Å². The first-order chi connectivity index (χ1) is 10.2. The lowest BCUT2D eigenvalue weighted by Gasteiger charge is -2.33. The first-order valence-corrected chi connectivity index (χ1v) is 8.35. The molecule has 1 N–H and O–H groups in total. The van der Waals surface area contributed by atoms with Crippen LogP contribution in [0.3, 0.4) is 0 Å². The van der Waals surface area contributed by atoms with Crippen LogP contribution in [0.2, 0.25) is 0 Å². The summed E-state index contributed by atoms with van der Waals surface area (Å²) in [6.07, 6.45) is 7.13. The van der Waals surface area contributed by atoms with Crippen LogP contribution in [0.15, 0.2) is 24.3 Å². The second-order valence-corrected chi connectivity index (χ2v) is 6.53. The van der Waals surface area contributed by atoms with E-state index in [9.17, 15) is 4.79 Å². The van der Waals surface area contributed by atoms with Gasteiger partial charge in [0.2, 0.25) is 5.91 Å². The van der Waals surface area contributed by atoms with Crippen molar-refractivity contribution in [3.05, 3.63) is 35.4 Å². The Hall–Kier alpha value is -1.35. The molecule has 0 aromatic heterocycles. The number of likely N-dealkylation sites (tertiary alicyclic amines) is 1. The molecule has 0 saturated carbocycles. The van der Waals surface area contributed by atoms with Crippen molar-refractivity contribution in [1.29, 1.82) is 0 Å². The van der Waals surface area contributed by atoms with Gasteiger partial charge in [-0.05, 0) is 56.7 Å². The average Bonchev–Trinajstić information content (AvgIpc) is 2.50. The van der Waals surface area contributed by atoms with Gasteiger partial charge in [0.05, 0.1) is 12.6 Å². The summed E-state index contributed by atoms with van der Waals surface area (Å²) in [5.74, 6) is 0.186. The van der Waals surface area contributed by atoms with Crippen molar-refractivity contribution in [2.45, 2.75) is 57.5 Å². The van der Waals surface area contributed by atoms with E-state index in [1.54, 1.807) is 0 Å². The highest BCUT2D eigenvalue weighted by Crippen LogP contribution is 2.29. The number of fused-ring (bicyclic) bond motifs is 1. The van der Waals surface area contributed by atoms with Crippen molar-refractivity contribution < 1.29 is 4.79 Å². The molecule has 1 aromatic carbocycles. The number of nitrogens with one attached hydrogen (secondary N) is 1. The first-order valence-electron chi connectivity index (χ1n) is 8.35. The van der Waals surface area contributed by atoms with Gasteiger partial charge in [-0.1, -0.05) is 30.7 Å². The van der Waals surface area contributed by atoms with E-state index in [2.05, 4.69) is 41.4 Å². The van der Waals surface area contributed by atoms with Crippen LogP contribution < -0.4 is 5.32 Å². The Morgan fingerprint density at radius 1 is 1.24 bits per heavy atom. The fourth-order valence-electron chi connectivity index (χ4n) is 3.72. The third kappa shape index (κ3) is 3.46. The van der Waals surface area contributed by atoms with Crippen LogP contribution in [0.25, 0.3) is 0 Å². The quantitative estimate of drug-likeness (QED) is 0.926. The van der Waals surface area contributed by atoms with Gasteiger partial charge in [0.1, 0.15) is 0 Å². The van der Waals surface area contributed by atoms with E-state index in [0.29, 0.717) is 12.6 Å². The summed E-state index contributed by atoms with van der Waals surface area (Å²) in [5.41, 5.74) is 2.73. The maximum absolute atomic E-state index is 12.4. The molecule has 0 spiro atoms. The van der Waals surface area contributed by atoms with Crippen LogP contribution in [0.1, 0.15) is 56.2 Å². The molecule has 2 atom stereocenters. The van der Waals surface area contributed by atoms with Crippen LogP contribution in [0.5, 0.6) is 0 Å². The Balaban J connectivity index is 1.60. The molecular weight excluding hydrogens is 260 g/mol. The third-order valence-electron chi connectivity index (χ3n) is 4.99. The second kappa shape index (κ2) is 6.61. The molecule has 1 saturated heterocycles. The van der Waals surface area contributed by atoms with Crippen LogP contribution in [-0.2, 0) is 11.2 Å². The maximum atomic E-state index is 12.4. The molecule has 3 rings (SSSR count). The zero-order valence-electron chi connectivity index (χ0n) is 13.0. The van der Waals surface area contributed by atoms with Crippen molar-refractivity contribution in [2.75, 3.05) is 13.1 Å². The standard InChI is InChI=1S/C18H26N2O/c1-14-7-4-5-12-20(14)13-18(21)19-17-11-6-9-15-8-2-3-10-16(15)17/h2-3,8,10,14,17H,4-7,9,11-13H2,1H3,(H,19,21)/t14-,17-/m1/s1. The highest BCUT2D eigenvalue weighted by Gasteiger charge is 2.24. The molecule has 1 aliphatic heterocycles. The molecule has 0 radical (unpaired) electrons. The Kier molecular flexibility index (Phi) is 4.59. The van der Waals surface area contributed by atoms with Gasteiger partial charge in [0, 0.05) is 6.04 Å². The van der Waals surface area contributed by atoms with Gasteiger partial charge in [-0.15, -0.1) is 0 Å². The Bertz CT molecular complexity index is 500. The zero-order valence-corrected chi connectivity index (χ0v) is 13.0. The van der Waals surface area contributed by atoms with E-state index >= 15 is 0 Å². The lowest BCUT2D eigenvalue weighted by atomic mass is 9.88. The number of piperidine rings is 1. The number of nitrogens with zero attached hydrogens (tertiary/aromatic N) is 1. The van der Waals surface area contributed by atoms with Gasteiger partial charge in [-0.25, -0.2) is 0 Å². The van der Waals surface area contributed by atoms with Crippen molar-refractivity contribution in [1.82, 2.24) is 10.2 Å². The van der Waals surface area contributed by atoms with Crippen LogP contribution in [0, 0.1) is 0 Å². The molecule has 1 fully saturated rings. The van der Waals surface area contributed by atoms with E-state index in [1.807, 2.05) is 0 Å². The van der Waals surface area contributed by atoms with Crippen molar-refractivity contribution in [2.24, 2.45) is 0 Å². The molecule has 1 aromatic rings. The molecule has 3 nitrogen and oxygen atoms in total. The molecule has 0 unspecified atom stereocenters. The Morgan fingerprint density at radius 2 is 2.10 bits per heavy atom. The molecule has 114 valence electrons. The smallest absolute Gasteiger partial charge is 0.234 e. The number of carbonyl (C=O) groups excluding carboxylic acids is 1. The summed E-state index contributed by atoms with van der Waals surface area (Å²) in [6.45, 7) is 3.86. The lowest BCUT2D eigenvalue weighted by Crippen LogP contribution is -2.45. The van der Waals surface area contributed by atoms with Crippen molar-refractivity contribution >= 4 is 5.91 Å². The van der Waals surface area contributed by atoms with Crippen LogP contribution in [0.4, 0.5) is 0 Å². The minimum atomic E-state index is 0.186. The maximum Gasteiger partial charge on any atom is 0.234 e. The molecular formula is C18H26N2O. The molecule has 21 heavy (non-hydrogen) atoms. The normalized spacial score (nSPS) is 26.1. The SMILES string of the molecule is C[C@@H]1CCCCN1CC(=O)N[C@@H]1CCCc2ccccc21. The molecule has 2 aliphatic rings. The summed E-state index contributed by atoms with van der Waals surface area (Å²) in [7, 11) is 0. The molecule has 1 amide bonds. The number of hydrogen-bond donors (Lipinski definition) is 1. The number of carbonyl (C=O) groups is 1. The number of rotatable bonds is 3. The fourth-order valence-corrected chi connectivity index (χ4v) is 3.72. The van der Waals surface area contributed by atoms with Gasteiger partial charge in [0.15, 0.2) is 0 Å². The Labute approximate surface area is 127 Å². The summed E-state index contributed by atoms with van der Waals surface area (Å²) < 4.78 is 0. The molecule has 3 heteroatoms. The van der Waals surface area contributed by atoms with E-state index in [1.165, 1.54) is 36.8 Å². The summed E-state index contributed by atoms with van der Waals surface area (Å²) in [5, 5.41) is 3.26. The molecule has 1 aliphatic carbocycles. The van der Waals surface area contributed by atoms with Gasteiger partial charge >= 0.3 is 0 Å². The monoisotopic (exact) mass is 286 g/mol. The number of benzene rings is 1. The van der Waals surface area contributed by atoms with Crippen LogP contribution in [-0.4, -0.2) is 29.9 Å². The van der Waals surface area contributed by atoms with Gasteiger partial charge in [-0.3, -0.25) is 9.69 Å². The number of hydrogen-bond acceptors (Lipinski definition) is 2. The average molecular weight is 286 g/mol. The van der Waals surface area contributed by atoms with Crippen molar-refractivity contribution in [3.8, 4) is 0 Å². The van der Waals surface area contributed by atoms with E-state index in [0.717, 1.165) is 19.4 Å². The van der Waals surface area contributed by atoms with E-state index in [4.69, 9.17) is 0 Å². The van der Waals surface area contributed by atoms with Gasteiger partial charge < -0.3 is 5.32 Å². The molecule has 0 bridgehead atoms. The first kappa shape index (κ1) is 14.6. The fraction of sp³-hybridized carbons (Fsp3) is 0.611. The number of amides is 1. The van der Waals surface area contributed by atoms with E-state index < -0.39 is 0 Å². The Morgan fingerprint density at radius 3 is 2.95 bits per heavy atom. The zero-order chi connectivity index (χ0) is 14.7. The predicted octanol–water partition coefficient (Wildman–Crippen LogP) is 3.05. The van der Waals surface area contributed by atoms with Crippen molar-refractivity contribution in [3.63, 3.8) is 0 Å². The lowest BCUT2D eigenvalue weighted by molar-refractivity contribution is -0.123. The minimum Gasteiger partial charge on any atom is -0.348 e. The largest absolute Gasteiger partial charge is 0.348 e. The summed E-state index contributed by atoms with van der Waals surface area (Å²) in [6, 6.07) is 9.29.